The third-order valence-corrected chi connectivity index (χ3v) is 6.51. The number of rotatable bonds is 4. The standard InChI is InChI=1S/C24H25N5O4/c1-27-20-13-25-19-5-3-15(16-4-6-21(33-2)26-12-16)11-18(19)23(20)29(24(27)32)17-7-9-28(10-8-17)22(31)14-30/h3-6,11-13,17,30H,7-10,14H2,1-2H3. The molecule has 1 aromatic carbocycles. The fourth-order valence-corrected chi connectivity index (χ4v) is 4.69. The molecule has 5 rings (SSSR count). The molecule has 0 bridgehead atoms. The molecule has 1 N–H and O–H groups in total. The molecule has 0 spiro atoms. The van der Waals surface area contributed by atoms with Crippen molar-refractivity contribution in [1.82, 2.24) is 24.0 Å². The highest BCUT2D eigenvalue weighted by molar-refractivity contribution is 6.04. The van der Waals surface area contributed by atoms with Gasteiger partial charge in [0.1, 0.15) is 6.61 Å². The number of hydrogen-bond acceptors (Lipinski definition) is 6. The lowest BCUT2D eigenvalue weighted by atomic mass is 10.0. The Bertz CT molecular complexity index is 1400. The number of methoxy groups -OCH3 is 1. The van der Waals surface area contributed by atoms with E-state index in [0.29, 0.717) is 31.8 Å². The molecule has 9 heteroatoms. The van der Waals surface area contributed by atoms with E-state index in [9.17, 15) is 9.59 Å². The Labute approximate surface area is 189 Å². The lowest BCUT2D eigenvalue weighted by molar-refractivity contribution is -0.135. The fraction of sp³-hybridized carbons (Fsp3) is 0.333. The van der Waals surface area contributed by atoms with Gasteiger partial charge in [0.05, 0.1) is 29.9 Å². The van der Waals surface area contributed by atoms with Gasteiger partial charge in [0.25, 0.3) is 0 Å². The van der Waals surface area contributed by atoms with Crippen molar-refractivity contribution >= 4 is 27.8 Å². The molecule has 9 nitrogen and oxygen atoms in total. The summed E-state index contributed by atoms with van der Waals surface area (Å²) < 4.78 is 8.65. The van der Waals surface area contributed by atoms with Crippen LogP contribution in [0.15, 0.2) is 47.5 Å². The van der Waals surface area contributed by atoms with Crippen molar-refractivity contribution in [2.24, 2.45) is 7.05 Å². The predicted octanol–water partition coefficient (Wildman–Crippen LogP) is 2.11. The molecule has 0 radical (unpaired) electrons. The SMILES string of the molecule is COc1ccc(-c2ccc3ncc4c(c3c2)n(C2CCN(C(=O)CO)CC2)c(=O)n4C)cn1. The van der Waals surface area contributed by atoms with Gasteiger partial charge >= 0.3 is 5.69 Å². The second-order valence-electron chi connectivity index (χ2n) is 8.29. The lowest BCUT2D eigenvalue weighted by Gasteiger charge is -2.32. The number of benzene rings is 1. The zero-order valence-corrected chi connectivity index (χ0v) is 18.6. The Morgan fingerprint density at radius 1 is 1.12 bits per heavy atom. The minimum absolute atomic E-state index is 0.0409. The smallest absolute Gasteiger partial charge is 0.329 e. The zero-order valence-electron chi connectivity index (χ0n) is 18.6. The van der Waals surface area contributed by atoms with E-state index in [1.54, 1.807) is 36.0 Å². The Balaban J connectivity index is 1.63. The molecule has 1 fully saturated rings. The highest BCUT2D eigenvalue weighted by Crippen LogP contribution is 2.32. The van der Waals surface area contributed by atoms with Crippen LogP contribution in [0, 0.1) is 0 Å². The predicted molar refractivity (Wildman–Crippen MR) is 124 cm³/mol. The van der Waals surface area contributed by atoms with Crippen LogP contribution in [0.25, 0.3) is 33.1 Å². The number of aliphatic hydroxyl groups excluding tert-OH is 1. The van der Waals surface area contributed by atoms with Crippen molar-refractivity contribution in [3.63, 3.8) is 0 Å². The molecule has 0 saturated carbocycles. The number of ether oxygens (including phenoxy) is 1. The number of amides is 1. The van der Waals surface area contributed by atoms with Crippen LogP contribution in [-0.2, 0) is 11.8 Å². The maximum Gasteiger partial charge on any atom is 0.329 e. The Hall–Kier alpha value is -3.72. The van der Waals surface area contributed by atoms with Gasteiger partial charge in [-0.25, -0.2) is 9.78 Å². The number of piperidine rings is 1. The van der Waals surface area contributed by atoms with Crippen molar-refractivity contribution < 1.29 is 14.6 Å². The van der Waals surface area contributed by atoms with Crippen LogP contribution in [0.2, 0.25) is 0 Å². The molecule has 0 unspecified atom stereocenters. The summed E-state index contributed by atoms with van der Waals surface area (Å²) in [6.45, 7) is 0.537. The van der Waals surface area contributed by atoms with Gasteiger partial charge in [-0.3, -0.25) is 18.9 Å². The first-order valence-corrected chi connectivity index (χ1v) is 10.9. The third kappa shape index (κ3) is 3.54. The van der Waals surface area contributed by atoms with Crippen LogP contribution in [0.1, 0.15) is 18.9 Å². The van der Waals surface area contributed by atoms with Gasteiger partial charge in [-0.2, -0.15) is 0 Å². The maximum absolute atomic E-state index is 13.3. The van der Waals surface area contributed by atoms with E-state index in [0.717, 1.165) is 33.1 Å². The van der Waals surface area contributed by atoms with Crippen molar-refractivity contribution in [2.45, 2.75) is 18.9 Å². The van der Waals surface area contributed by atoms with E-state index in [4.69, 9.17) is 9.84 Å². The zero-order chi connectivity index (χ0) is 23.1. The molecule has 0 aliphatic carbocycles. The van der Waals surface area contributed by atoms with Gasteiger partial charge in [0, 0.05) is 49.4 Å². The maximum atomic E-state index is 13.3. The Morgan fingerprint density at radius 3 is 2.55 bits per heavy atom. The number of carbonyl (C=O) groups is 1. The summed E-state index contributed by atoms with van der Waals surface area (Å²) in [5.74, 6) is 0.276. The molecule has 3 aromatic heterocycles. The number of carbonyl (C=O) groups excluding carboxylic acids is 1. The normalized spacial score (nSPS) is 14.8. The summed E-state index contributed by atoms with van der Waals surface area (Å²) in [7, 11) is 3.34. The van der Waals surface area contributed by atoms with E-state index in [2.05, 4.69) is 16.0 Å². The molecule has 1 saturated heterocycles. The molecule has 1 aliphatic rings. The van der Waals surface area contributed by atoms with E-state index >= 15 is 0 Å². The second kappa shape index (κ2) is 8.32. The van der Waals surface area contributed by atoms with Crippen LogP contribution in [-0.4, -0.2) is 61.8 Å². The number of nitrogens with zero attached hydrogens (tertiary/aromatic N) is 5. The van der Waals surface area contributed by atoms with Crippen molar-refractivity contribution in [3.05, 3.63) is 53.2 Å². The summed E-state index contributed by atoms with van der Waals surface area (Å²) in [5.41, 5.74) is 4.24. The Morgan fingerprint density at radius 2 is 1.88 bits per heavy atom. The number of imidazole rings is 1. The molecule has 33 heavy (non-hydrogen) atoms. The Kier molecular flexibility index (Phi) is 5.33. The van der Waals surface area contributed by atoms with E-state index < -0.39 is 6.61 Å². The topological polar surface area (TPSA) is 102 Å². The molecule has 0 atom stereocenters. The number of aryl methyl sites for hydroxylation is 1. The van der Waals surface area contributed by atoms with Gasteiger partial charge in [0.15, 0.2) is 0 Å². The monoisotopic (exact) mass is 447 g/mol. The largest absolute Gasteiger partial charge is 0.481 e. The van der Waals surface area contributed by atoms with Crippen molar-refractivity contribution in [1.29, 1.82) is 0 Å². The van der Waals surface area contributed by atoms with Crippen molar-refractivity contribution in [3.8, 4) is 17.0 Å². The molecule has 170 valence electrons. The number of aliphatic hydroxyl groups is 1. The summed E-state index contributed by atoms with van der Waals surface area (Å²) in [4.78, 5) is 35.7. The number of hydrogen-bond donors (Lipinski definition) is 1. The first-order valence-electron chi connectivity index (χ1n) is 10.9. The summed E-state index contributed by atoms with van der Waals surface area (Å²) in [5, 5.41) is 10.1. The van der Waals surface area contributed by atoms with E-state index in [1.165, 1.54) is 0 Å². The summed E-state index contributed by atoms with van der Waals surface area (Å²) >= 11 is 0. The number of pyridine rings is 2. The highest BCUT2D eigenvalue weighted by atomic mass is 16.5. The van der Waals surface area contributed by atoms with Gasteiger partial charge < -0.3 is 14.7 Å². The molecule has 1 aliphatic heterocycles. The second-order valence-corrected chi connectivity index (χ2v) is 8.29. The van der Waals surface area contributed by atoms with Crippen LogP contribution < -0.4 is 10.4 Å². The van der Waals surface area contributed by atoms with Crippen LogP contribution in [0.5, 0.6) is 5.88 Å². The van der Waals surface area contributed by atoms with Gasteiger partial charge in [-0.1, -0.05) is 6.07 Å². The average molecular weight is 447 g/mol. The first-order chi connectivity index (χ1) is 16.0. The van der Waals surface area contributed by atoms with Crippen molar-refractivity contribution in [2.75, 3.05) is 26.8 Å². The van der Waals surface area contributed by atoms with Gasteiger partial charge in [-0.05, 0) is 36.6 Å². The van der Waals surface area contributed by atoms with E-state index in [-0.39, 0.29) is 17.6 Å². The molecule has 1 amide bonds. The number of likely N-dealkylation sites (tertiary alicyclic amines) is 1. The molecular weight excluding hydrogens is 422 g/mol. The van der Waals surface area contributed by atoms with Crippen LogP contribution in [0.4, 0.5) is 0 Å². The number of aromatic nitrogens is 4. The fourth-order valence-electron chi connectivity index (χ4n) is 4.69. The lowest BCUT2D eigenvalue weighted by Crippen LogP contribution is -2.42. The molecule has 4 aromatic rings. The first kappa shape index (κ1) is 21.1. The molecule has 4 heterocycles. The average Bonchev–Trinajstić information content (AvgIpc) is 3.13. The number of fused-ring (bicyclic) bond motifs is 3. The quantitative estimate of drug-likeness (QED) is 0.514. The third-order valence-electron chi connectivity index (χ3n) is 6.51. The van der Waals surface area contributed by atoms with E-state index in [1.807, 2.05) is 28.8 Å². The molecular formula is C24H25N5O4. The van der Waals surface area contributed by atoms with Gasteiger partial charge in [0.2, 0.25) is 11.8 Å². The van der Waals surface area contributed by atoms with Crippen LogP contribution >= 0.6 is 0 Å². The van der Waals surface area contributed by atoms with Gasteiger partial charge in [-0.15, -0.1) is 0 Å². The minimum Gasteiger partial charge on any atom is -0.481 e. The summed E-state index contributed by atoms with van der Waals surface area (Å²) in [6, 6.07) is 9.73. The summed E-state index contributed by atoms with van der Waals surface area (Å²) in [6.07, 6.45) is 4.81. The van der Waals surface area contributed by atoms with Crippen LogP contribution in [0.3, 0.4) is 0 Å². The minimum atomic E-state index is -0.488. The highest BCUT2D eigenvalue weighted by Gasteiger charge is 2.27.